The van der Waals surface area contributed by atoms with Gasteiger partial charge in [0, 0.05) is 17.8 Å². The van der Waals surface area contributed by atoms with Crippen molar-refractivity contribution < 1.29 is 14.6 Å². The normalized spacial score (nSPS) is 10.4. The largest absolute Gasteiger partial charge is 0.478 e. The Labute approximate surface area is 153 Å². The second-order valence-corrected chi connectivity index (χ2v) is 5.82. The summed E-state index contributed by atoms with van der Waals surface area (Å²) in [7, 11) is 1.52. The lowest BCUT2D eigenvalue weighted by molar-refractivity contribution is 0.0697. The van der Waals surface area contributed by atoms with E-state index in [0.717, 1.165) is 0 Å². The van der Waals surface area contributed by atoms with Crippen LogP contribution in [0.4, 0.5) is 11.4 Å². The van der Waals surface area contributed by atoms with Gasteiger partial charge in [0.2, 0.25) is 0 Å². The fourth-order valence-electron chi connectivity index (χ4n) is 2.21. The third-order valence-corrected chi connectivity index (χ3v) is 3.76. The number of aryl methyl sites for hydroxylation is 1. The summed E-state index contributed by atoms with van der Waals surface area (Å²) in [6.45, 7) is 0. The first-order valence-corrected chi connectivity index (χ1v) is 7.92. The number of carbonyl (C=O) groups is 1. The lowest BCUT2D eigenvalue weighted by Gasteiger charge is -2.13. The molecule has 0 aliphatic carbocycles. The molecule has 2 aromatic carbocycles. The van der Waals surface area contributed by atoms with E-state index in [2.05, 4.69) is 10.4 Å². The van der Waals surface area contributed by atoms with Crippen molar-refractivity contribution in [3.8, 4) is 11.5 Å². The van der Waals surface area contributed by atoms with Gasteiger partial charge in [0.25, 0.3) is 5.56 Å². The second kappa shape index (κ2) is 7.28. The van der Waals surface area contributed by atoms with Crippen LogP contribution in [0.25, 0.3) is 0 Å². The maximum Gasteiger partial charge on any atom is 0.335 e. The molecule has 132 valence electrons. The van der Waals surface area contributed by atoms with Crippen molar-refractivity contribution in [3.63, 3.8) is 0 Å². The first kappa shape index (κ1) is 17.5. The maximum absolute atomic E-state index is 12.5. The van der Waals surface area contributed by atoms with E-state index in [1.54, 1.807) is 36.4 Å². The molecule has 7 nitrogen and oxygen atoms in total. The van der Waals surface area contributed by atoms with Crippen LogP contribution in [-0.4, -0.2) is 20.9 Å². The van der Waals surface area contributed by atoms with Crippen molar-refractivity contribution in [1.29, 1.82) is 0 Å². The highest BCUT2D eigenvalue weighted by atomic mass is 35.5. The molecule has 1 heterocycles. The molecular weight excluding hydrogens is 358 g/mol. The van der Waals surface area contributed by atoms with Crippen molar-refractivity contribution in [2.75, 3.05) is 5.32 Å². The van der Waals surface area contributed by atoms with Gasteiger partial charge in [-0.05, 0) is 42.5 Å². The molecule has 0 aliphatic rings. The SMILES string of the molecule is Cn1ncc(Oc2cccc(Cl)c2)c(Nc2ccc(C(=O)O)cc2)c1=O. The van der Waals surface area contributed by atoms with E-state index in [9.17, 15) is 9.59 Å². The molecule has 3 aromatic rings. The molecule has 0 amide bonds. The number of rotatable bonds is 5. The lowest BCUT2D eigenvalue weighted by atomic mass is 10.2. The van der Waals surface area contributed by atoms with Gasteiger partial charge >= 0.3 is 5.97 Å². The maximum atomic E-state index is 12.5. The van der Waals surface area contributed by atoms with Gasteiger partial charge in [0.15, 0.2) is 11.4 Å². The van der Waals surface area contributed by atoms with E-state index in [0.29, 0.717) is 16.5 Å². The number of aromatic nitrogens is 2. The molecule has 0 aliphatic heterocycles. The number of nitrogens with one attached hydrogen (secondary N) is 1. The molecular formula is C18H14ClN3O4. The van der Waals surface area contributed by atoms with Gasteiger partial charge in [0.1, 0.15) is 5.75 Å². The minimum Gasteiger partial charge on any atom is -0.478 e. The highest BCUT2D eigenvalue weighted by Crippen LogP contribution is 2.29. The Balaban J connectivity index is 1.95. The van der Waals surface area contributed by atoms with Crippen molar-refractivity contribution in [2.24, 2.45) is 7.05 Å². The Kier molecular flexibility index (Phi) is 4.90. The summed E-state index contributed by atoms with van der Waals surface area (Å²) in [5.74, 6) is -0.351. The molecule has 0 spiro atoms. The van der Waals surface area contributed by atoms with Crippen LogP contribution in [0, 0.1) is 0 Å². The number of carboxylic acids is 1. The number of carboxylic acid groups (broad SMARTS) is 1. The molecule has 1 aromatic heterocycles. The topological polar surface area (TPSA) is 93.4 Å². The average Bonchev–Trinajstić information content (AvgIpc) is 2.62. The van der Waals surface area contributed by atoms with E-state index in [1.165, 1.54) is 30.1 Å². The summed E-state index contributed by atoms with van der Waals surface area (Å²) in [5.41, 5.74) is 0.459. The van der Waals surface area contributed by atoms with Gasteiger partial charge < -0.3 is 15.2 Å². The molecule has 0 radical (unpaired) electrons. The van der Waals surface area contributed by atoms with Crippen LogP contribution in [0.1, 0.15) is 10.4 Å². The van der Waals surface area contributed by atoms with Crippen LogP contribution in [0.2, 0.25) is 5.02 Å². The molecule has 8 heteroatoms. The summed E-state index contributed by atoms with van der Waals surface area (Å²) >= 11 is 5.95. The standard InChI is InChI=1S/C18H14ClN3O4/c1-22-17(23)16(21-13-7-5-11(6-8-13)18(24)25)15(10-20-22)26-14-4-2-3-12(19)9-14/h2-10,21H,1H3,(H,24,25). The quantitative estimate of drug-likeness (QED) is 0.710. The molecule has 26 heavy (non-hydrogen) atoms. The molecule has 0 atom stereocenters. The fourth-order valence-corrected chi connectivity index (χ4v) is 2.39. The lowest BCUT2D eigenvalue weighted by Crippen LogP contribution is -2.22. The zero-order chi connectivity index (χ0) is 18.7. The predicted molar refractivity (Wildman–Crippen MR) is 97.7 cm³/mol. The van der Waals surface area contributed by atoms with Crippen molar-refractivity contribution in [1.82, 2.24) is 9.78 Å². The predicted octanol–water partition coefficient (Wildman–Crippen LogP) is 3.67. The van der Waals surface area contributed by atoms with Crippen LogP contribution in [0.3, 0.4) is 0 Å². The number of aromatic carboxylic acids is 1. The van der Waals surface area contributed by atoms with Gasteiger partial charge in [-0.3, -0.25) is 4.79 Å². The van der Waals surface area contributed by atoms with E-state index in [4.69, 9.17) is 21.4 Å². The molecule has 0 saturated heterocycles. The summed E-state index contributed by atoms with van der Waals surface area (Å²) in [4.78, 5) is 23.4. The van der Waals surface area contributed by atoms with Crippen molar-refractivity contribution in [3.05, 3.63) is 75.7 Å². The smallest absolute Gasteiger partial charge is 0.335 e. The summed E-state index contributed by atoms with van der Waals surface area (Å²) < 4.78 is 6.91. The number of hydrogen-bond acceptors (Lipinski definition) is 5. The van der Waals surface area contributed by atoms with E-state index in [1.807, 2.05) is 0 Å². The highest BCUT2D eigenvalue weighted by molar-refractivity contribution is 6.30. The molecule has 3 rings (SSSR count). The minimum absolute atomic E-state index is 0.147. The third-order valence-electron chi connectivity index (χ3n) is 3.53. The Bertz CT molecular complexity index is 1020. The second-order valence-electron chi connectivity index (χ2n) is 5.38. The van der Waals surface area contributed by atoms with Gasteiger partial charge in [-0.1, -0.05) is 17.7 Å². The zero-order valence-electron chi connectivity index (χ0n) is 13.6. The van der Waals surface area contributed by atoms with Gasteiger partial charge in [-0.15, -0.1) is 0 Å². The number of anilines is 2. The average molecular weight is 372 g/mol. The molecule has 2 N–H and O–H groups in total. The van der Waals surface area contributed by atoms with Crippen LogP contribution in [-0.2, 0) is 7.05 Å². The van der Waals surface area contributed by atoms with Crippen LogP contribution in [0.5, 0.6) is 11.5 Å². The van der Waals surface area contributed by atoms with E-state index < -0.39 is 11.5 Å². The first-order chi connectivity index (χ1) is 12.4. The summed E-state index contributed by atoms with van der Waals surface area (Å²) in [6.07, 6.45) is 1.41. The number of halogens is 1. The van der Waals surface area contributed by atoms with E-state index in [-0.39, 0.29) is 17.0 Å². The molecule has 0 unspecified atom stereocenters. The van der Waals surface area contributed by atoms with Gasteiger partial charge in [0.05, 0.1) is 11.8 Å². The van der Waals surface area contributed by atoms with Crippen LogP contribution >= 0.6 is 11.6 Å². The number of ether oxygens (including phenoxy) is 1. The Hall–Kier alpha value is -3.32. The van der Waals surface area contributed by atoms with E-state index >= 15 is 0 Å². The number of hydrogen-bond donors (Lipinski definition) is 2. The summed E-state index contributed by atoms with van der Waals surface area (Å²) in [5, 5.41) is 16.4. The first-order valence-electron chi connectivity index (χ1n) is 7.54. The Morgan fingerprint density at radius 1 is 1.23 bits per heavy atom. The minimum atomic E-state index is -1.03. The van der Waals surface area contributed by atoms with Crippen molar-refractivity contribution in [2.45, 2.75) is 0 Å². The Morgan fingerprint density at radius 3 is 2.62 bits per heavy atom. The molecule has 0 saturated carbocycles. The molecule has 0 bridgehead atoms. The highest BCUT2D eigenvalue weighted by Gasteiger charge is 2.13. The van der Waals surface area contributed by atoms with Gasteiger partial charge in [-0.25, -0.2) is 9.48 Å². The van der Waals surface area contributed by atoms with Crippen molar-refractivity contribution >= 4 is 28.9 Å². The monoisotopic (exact) mass is 371 g/mol. The number of nitrogens with zero attached hydrogens (tertiary/aromatic N) is 2. The molecule has 0 fully saturated rings. The Morgan fingerprint density at radius 2 is 1.96 bits per heavy atom. The van der Waals surface area contributed by atoms with Crippen LogP contribution < -0.4 is 15.6 Å². The zero-order valence-corrected chi connectivity index (χ0v) is 14.4. The third kappa shape index (κ3) is 3.84. The van der Waals surface area contributed by atoms with Crippen LogP contribution in [0.15, 0.2) is 59.5 Å². The number of benzene rings is 2. The summed E-state index contributed by atoms with van der Waals surface area (Å²) in [6, 6.07) is 12.8. The fraction of sp³-hybridized carbons (Fsp3) is 0.0556. The van der Waals surface area contributed by atoms with Gasteiger partial charge in [-0.2, -0.15) is 5.10 Å².